The minimum atomic E-state index is -0.180. The van der Waals surface area contributed by atoms with Crippen molar-refractivity contribution in [2.75, 3.05) is 32.8 Å². The summed E-state index contributed by atoms with van der Waals surface area (Å²) in [6, 6.07) is 0. The number of hydrogen-bond donors (Lipinski definition) is 2. The minimum Gasteiger partial charge on any atom is -0.396 e. The second-order valence-corrected chi connectivity index (χ2v) is 4.92. The molecule has 2 N–H and O–H groups in total. The summed E-state index contributed by atoms with van der Waals surface area (Å²) in [7, 11) is 0. The number of rotatable bonds is 7. The summed E-state index contributed by atoms with van der Waals surface area (Å²) >= 11 is 0. The average molecular weight is 242 g/mol. The maximum absolute atomic E-state index is 12.6. The molecule has 17 heavy (non-hydrogen) atoms. The Morgan fingerprint density at radius 1 is 1.47 bits per heavy atom. The fourth-order valence-electron chi connectivity index (χ4n) is 2.73. The van der Waals surface area contributed by atoms with Crippen LogP contribution in [0.4, 0.5) is 0 Å². The maximum Gasteiger partial charge on any atom is 0.230 e. The Morgan fingerprint density at radius 3 is 2.71 bits per heavy atom. The molecule has 1 aliphatic heterocycles. The molecule has 1 heterocycles. The lowest BCUT2D eigenvalue weighted by Crippen LogP contribution is -2.45. The molecule has 0 aliphatic carbocycles. The molecule has 1 rings (SSSR count). The molecule has 4 nitrogen and oxygen atoms in total. The third kappa shape index (κ3) is 3.42. The molecule has 1 unspecified atom stereocenters. The second-order valence-electron chi connectivity index (χ2n) is 4.92. The topological polar surface area (TPSA) is 52.6 Å². The van der Waals surface area contributed by atoms with Crippen molar-refractivity contribution in [2.45, 2.75) is 39.5 Å². The van der Waals surface area contributed by atoms with E-state index in [0.717, 1.165) is 38.9 Å². The van der Waals surface area contributed by atoms with Gasteiger partial charge in [-0.25, -0.2) is 0 Å². The molecule has 0 bridgehead atoms. The van der Waals surface area contributed by atoms with Crippen LogP contribution in [0.1, 0.15) is 39.5 Å². The van der Waals surface area contributed by atoms with Gasteiger partial charge in [-0.1, -0.05) is 13.3 Å². The largest absolute Gasteiger partial charge is 0.396 e. The van der Waals surface area contributed by atoms with E-state index in [1.807, 2.05) is 11.8 Å². The Balaban J connectivity index is 2.68. The van der Waals surface area contributed by atoms with E-state index in [4.69, 9.17) is 5.11 Å². The summed E-state index contributed by atoms with van der Waals surface area (Å²) in [5.74, 6) is 0.278. The van der Waals surface area contributed by atoms with E-state index in [1.54, 1.807) is 0 Å². The predicted molar refractivity (Wildman–Crippen MR) is 68.8 cm³/mol. The number of carbonyl (C=O) groups is 1. The molecule has 1 atom stereocenters. The first kappa shape index (κ1) is 14.5. The molecule has 0 aromatic carbocycles. The van der Waals surface area contributed by atoms with E-state index < -0.39 is 0 Å². The number of nitrogens with zero attached hydrogens (tertiary/aromatic N) is 1. The molecular formula is C13H26N2O2. The Morgan fingerprint density at radius 2 is 2.24 bits per heavy atom. The number of hydrogen-bond acceptors (Lipinski definition) is 3. The lowest BCUT2D eigenvalue weighted by molar-refractivity contribution is -0.141. The van der Waals surface area contributed by atoms with Crippen molar-refractivity contribution in [1.29, 1.82) is 0 Å². The fourth-order valence-corrected chi connectivity index (χ4v) is 2.73. The van der Waals surface area contributed by atoms with Gasteiger partial charge in [0, 0.05) is 26.2 Å². The number of nitrogens with one attached hydrogen (secondary N) is 1. The van der Waals surface area contributed by atoms with Crippen molar-refractivity contribution in [3.05, 3.63) is 0 Å². The van der Waals surface area contributed by atoms with Gasteiger partial charge in [0.25, 0.3) is 0 Å². The third-order valence-electron chi connectivity index (χ3n) is 3.68. The van der Waals surface area contributed by atoms with Crippen LogP contribution >= 0.6 is 0 Å². The van der Waals surface area contributed by atoms with Gasteiger partial charge < -0.3 is 15.3 Å². The molecule has 1 saturated heterocycles. The van der Waals surface area contributed by atoms with Gasteiger partial charge in [-0.2, -0.15) is 0 Å². The zero-order valence-electron chi connectivity index (χ0n) is 11.2. The highest BCUT2D eigenvalue weighted by Crippen LogP contribution is 2.33. The van der Waals surface area contributed by atoms with Gasteiger partial charge in [0.15, 0.2) is 0 Å². The van der Waals surface area contributed by atoms with Crippen LogP contribution in [0.2, 0.25) is 0 Å². The van der Waals surface area contributed by atoms with Crippen LogP contribution < -0.4 is 5.32 Å². The van der Waals surface area contributed by atoms with Gasteiger partial charge in [-0.15, -0.1) is 0 Å². The van der Waals surface area contributed by atoms with Crippen LogP contribution in [0, 0.1) is 5.41 Å². The first-order valence-electron chi connectivity index (χ1n) is 6.81. The number of carbonyl (C=O) groups excluding carboxylic acids is 1. The van der Waals surface area contributed by atoms with E-state index in [9.17, 15) is 4.79 Å². The molecule has 100 valence electrons. The summed E-state index contributed by atoms with van der Waals surface area (Å²) in [5, 5.41) is 12.2. The average Bonchev–Trinajstić information content (AvgIpc) is 2.80. The molecule has 4 heteroatoms. The van der Waals surface area contributed by atoms with Crippen molar-refractivity contribution in [1.82, 2.24) is 10.2 Å². The molecule has 0 spiro atoms. The van der Waals surface area contributed by atoms with Gasteiger partial charge in [-0.05, 0) is 32.7 Å². The van der Waals surface area contributed by atoms with Crippen LogP contribution in [-0.2, 0) is 4.79 Å². The van der Waals surface area contributed by atoms with Crippen molar-refractivity contribution in [2.24, 2.45) is 5.41 Å². The summed E-state index contributed by atoms with van der Waals surface area (Å²) < 4.78 is 0. The van der Waals surface area contributed by atoms with Gasteiger partial charge in [0.2, 0.25) is 5.91 Å². The zero-order chi connectivity index (χ0) is 12.7. The highest BCUT2D eigenvalue weighted by atomic mass is 16.3. The highest BCUT2D eigenvalue weighted by molar-refractivity contribution is 5.83. The van der Waals surface area contributed by atoms with Gasteiger partial charge in [0.1, 0.15) is 0 Å². The first-order valence-corrected chi connectivity index (χ1v) is 6.81. The van der Waals surface area contributed by atoms with Crippen LogP contribution in [0.25, 0.3) is 0 Å². The molecule has 1 amide bonds. The summed E-state index contributed by atoms with van der Waals surface area (Å²) in [4.78, 5) is 14.5. The van der Waals surface area contributed by atoms with Crippen molar-refractivity contribution < 1.29 is 9.90 Å². The van der Waals surface area contributed by atoms with Crippen LogP contribution in [-0.4, -0.2) is 48.7 Å². The second kappa shape index (κ2) is 6.97. The number of aliphatic hydroxyl groups excluding tert-OH is 1. The van der Waals surface area contributed by atoms with E-state index in [0.29, 0.717) is 13.0 Å². The first-order chi connectivity index (χ1) is 8.20. The number of aliphatic hydroxyl groups is 1. The summed E-state index contributed by atoms with van der Waals surface area (Å²) in [6.07, 6.45) is 3.64. The van der Waals surface area contributed by atoms with Gasteiger partial charge >= 0.3 is 0 Å². The summed E-state index contributed by atoms with van der Waals surface area (Å²) in [5.41, 5.74) is -0.180. The molecule has 1 aliphatic rings. The van der Waals surface area contributed by atoms with Crippen LogP contribution in [0.5, 0.6) is 0 Å². The van der Waals surface area contributed by atoms with E-state index >= 15 is 0 Å². The Kier molecular flexibility index (Phi) is 5.92. The smallest absolute Gasteiger partial charge is 0.230 e. The predicted octanol–water partition coefficient (Wildman–Crippen LogP) is 0.997. The van der Waals surface area contributed by atoms with Crippen LogP contribution in [0.3, 0.4) is 0 Å². The van der Waals surface area contributed by atoms with Crippen molar-refractivity contribution in [3.8, 4) is 0 Å². The molecule has 0 saturated carbocycles. The normalized spacial score (nSPS) is 23.9. The standard InChI is InChI=1S/C13H26N2O2/c1-3-6-13(7-8-14-11-13)12(17)15(4-2)9-5-10-16/h14,16H,3-11H2,1-2H3. The molecular weight excluding hydrogens is 216 g/mol. The van der Waals surface area contributed by atoms with E-state index in [1.165, 1.54) is 0 Å². The third-order valence-corrected chi connectivity index (χ3v) is 3.68. The quantitative estimate of drug-likeness (QED) is 0.700. The van der Waals surface area contributed by atoms with Gasteiger partial charge in [0.05, 0.1) is 5.41 Å². The zero-order valence-corrected chi connectivity index (χ0v) is 11.2. The van der Waals surface area contributed by atoms with Gasteiger partial charge in [-0.3, -0.25) is 4.79 Å². The lowest BCUT2D eigenvalue weighted by Gasteiger charge is -2.33. The SMILES string of the molecule is CCCC1(C(=O)N(CC)CCCO)CCNC1. The highest BCUT2D eigenvalue weighted by Gasteiger charge is 2.42. The van der Waals surface area contributed by atoms with Crippen molar-refractivity contribution in [3.63, 3.8) is 0 Å². The molecule has 0 radical (unpaired) electrons. The minimum absolute atomic E-state index is 0.156. The Hall–Kier alpha value is -0.610. The molecule has 0 aromatic rings. The fraction of sp³-hybridized carbons (Fsp3) is 0.923. The Labute approximate surface area is 104 Å². The summed E-state index contributed by atoms with van der Waals surface area (Å²) in [6.45, 7) is 7.48. The Bertz CT molecular complexity index is 238. The number of amides is 1. The molecule has 1 fully saturated rings. The maximum atomic E-state index is 12.6. The van der Waals surface area contributed by atoms with Crippen molar-refractivity contribution >= 4 is 5.91 Å². The van der Waals surface area contributed by atoms with Crippen LogP contribution in [0.15, 0.2) is 0 Å². The van der Waals surface area contributed by atoms with E-state index in [-0.39, 0.29) is 17.9 Å². The molecule has 0 aromatic heterocycles. The van der Waals surface area contributed by atoms with E-state index in [2.05, 4.69) is 12.2 Å². The lowest BCUT2D eigenvalue weighted by atomic mass is 9.81. The monoisotopic (exact) mass is 242 g/mol.